The molecule has 0 radical (unpaired) electrons. The molecule has 0 aliphatic carbocycles. The monoisotopic (exact) mass is 404 g/mol. The van der Waals surface area contributed by atoms with Crippen LogP contribution in [0.1, 0.15) is 28.8 Å². The zero-order valence-corrected chi connectivity index (χ0v) is 17.0. The van der Waals surface area contributed by atoms with Gasteiger partial charge in [-0.1, -0.05) is 12.1 Å². The molecule has 0 spiro atoms. The summed E-state index contributed by atoms with van der Waals surface area (Å²) in [7, 11) is 3.94. The van der Waals surface area contributed by atoms with Crippen molar-refractivity contribution in [2.75, 3.05) is 40.3 Å². The zero-order chi connectivity index (χ0) is 17.4. The van der Waals surface area contributed by atoms with Gasteiger partial charge in [0.2, 0.25) is 5.91 Å². The van der Waals surface area contributed by atoms with Crippen molar-refractivity contribution in [3.8, 4) is 0 Å². The highest BCUT2D eigenvalue weighted by molar-refractivity contribution is 5.94. The highest BCUT2D eigenvalue weighted by Crippen LogP contribution is 2.11. The summed E-state index contributed by atoms with van der Waals surface area (Å²) in [5.74, 6) is 0.0563. The largest absolute Gasteiger partial charge is 0.352 e. The average molecular weight is 405 g/mol. The van der Waals surface area contributed by atoms with Crippen molar-refractivity contribution in [2.24, 2.45) is 5.92 Å². The van der Waals surface area contributed by atoms with Crippen LogP contribution in [-0.4, -0.2) is 57.0 Å². The van der Waals surface area contributed by atoms with E-state index in [1.165, 1.54) is 0 Å². The lowest BCUT2D eigenvalue weighted by molar-refractivity contribution is -0.125. The number of nitrogens with zero attached hydrogens (tertiary/aromatic N) is 1. The van der Waals surface area contributed by atoms with Crippen molar-refractivity contribution in [3.63, 3.8) is 0 Å². The molecule has 8 heteroatoms. The molecule has 148 valence electrons. The van der Waals surface area contributed by atoms with Crippen LogP contribution in [0.4, 0.5) is 0 Å². The molecular weight excluding hydrogens is 375 g/mol. The van der Waals surface area contributed by atoms with E-state index in [-0.39, 0.29) is 42.5 Å². The van der Waals surface area contributed by atoms with Crippen molar-refractivity contribution in [1.29, 1.82) is 0 Å². The summed E-state index contributed by atoms with van der Waals surface area (Å²) >= 11 is 0. The van der Waals surface area contributed by atoms with E-state index in [0.717, 1.165) is 38.0 Å². The van der Waals surface area contributed by atoms with E-state index in [9.17, 15) is 9.59 Å². The van der Waals surface area contributed by atoms with Crippen molar-refractivity contribution in [3.05, 3.63) is 35.4 Å². The van der Waals surface area contributed by atoms with E-state index in [1.807, 2.05) is 37.2 Å². The number of rotatable bonds is 7. The Morgan fingerprint density at radius 1 is 1.23 bits per heavy atom. The second-order valence-corrected chi connectivity index (χ2v) is 6.52. The lowest BCUT2D eigenvalue weighted by atomic mass is 9.99. The van der Waals surface area contributed by atoms with Gasteiger partial charge in [0.05, 0.1) is 5.92 Å². The number of nitrogens with one attached hydrogen (secondary N) is 3. The Hall–Kier alpha value is -1.34. The maximum atomic E-state index is 12.2. The first-order valence-corrected chi connectivity index (χ1v) is 8.56. The molecule has 0 saturated carbocycles. The second-order valence-electron chi connectivity index (χ2n) is 6.52. The van der Waals surface area contributed by atoms with E-state index in [2.05, 4.69) is 16.0 Å². The molecule has 1 aliphatic rings. The van der Waals surface area contributed by atoms with Gasteiger partial charge in [0.25, 0.3) is 5.91 Å². The van der Waals surface area contributed by atoms with Crippen LogP contribution in [0.2, 0.25) is 0 Å². The molecule has 0 bridgehead atoms. The van der Waals surface area contributed by atoms with Crippen molar-refractivity contribution >= 4 is 36.6 Å². The average Bonchev–Trinajstić information content (AvgIpc) is 2.60. The molecular formula is C18H30Cl2N4O2. The van der Waals surface area contributed by atoms with Gasteiger partial charge in [-0.25, -0.2) is 0 Å². The Bertz CT molecular complexity index is 564. The molecule has 2 amide bonds. The minimum atomic E-state index is -0.0819. The van der Waals surface area contributed by atoms with Crippen molar-refractivity contribution in [1.82, 2.24) is 20.9 Å². The molecule has 2 rings (SSSR count). The third kappa shape index (κ3) is 8.36. The molecule has 6 nitrogen and oxygen atoms in total. The number of halogens is 2. The summed E-state index contributed by atoms with van der Waals surface area (Å²) < 4.78 is 0. The maximum absolute atomic E-state index is 12.2. The SMILES string of the molecule is CN(C)CCNC(=O)c1cccc(CNC(=O)C2CCCNC2)c1.Cl.Cl. The number of piperidine rings is 1. The van der Waals surface area contributed by atoms with Crippen LogP contribution >= 0.6 is 24.8 Å². The molecule has 1 unspecified atom stereocenters. The van der Waals surface area contributed by atoms with E-state index in [0.29, 0.717) is 18.7 Å². The standard InChI is InChI=1S/C18H28N4O2.2ClH/c1-22(2)10-9-20-17(23)15-6-3-5-14(11-15)12-21-18(24)16-7-4-8-19-13-16;;/h3,5-6,11,16,19H,4,7-10,12-13H2,1-2H3,(H,20,23)(H,21,24);2*1H. The quantitative estimate of drug-likeness (QED) is 0.642. The van der Waals surface area contributed by atoms with Gasteiger partial charge in [-0.2, -0.15) is 0 Å². The Morgan fingerprint density at radius 3 is 2.65 bits per heavy atom. The predicted octanol–water partition coefficient (Wildman–Crippen LogP) is 1.44. The second kappa shape index (κ2) is 12.9. The summed E-state index contributed by atoms with van der Waals surface area (Å²) in [5, 5.41) is 9.12. The number of hydrogen-bond acceptors (Lipinski definition) is 4. The minimum Gasteiger partial charge on any atom is -0.352 e. The van der Waals surface area contributed by atoms with Gasteiger partial charge in [0, 0.05) is 31.7 Å². The summed E-state index contributed by atoms with van der Waals surface area (Å²) in [5.41, 5.74) is 1.56. The number of likely N-dealkylation sites (N-methyl/N-ethyl adjacent to an activating group) is 1. The Morgan fingerprint density at radius 2 is 2.00 bits per heavy atom. The molecule has 3 N–H and O–H groups in total. The molecule has 1 aliphatic heterocycles. The number of amides is 2. The van der Waals surface area contributed by atoms with E-state index in [4.69, 9.17) is 0 Å². The maximum Gasteiger partial charge on any atom is 0.251 e. The first-order valence-electron chi connectivity index (χ1n) is 8.56. The lowest BCUT2D eigenvalue weighted by Crippen LogP contribution is -2.40. The van der Waals surface area contributed by atoms with E-state index in [1.54, 1.807) is 6.07 Å². The normalized spacial score (nSPS) is 16.2. The number of hydrogen-bond donors (Lipinski definition) is 3. The molecule has 0 aromatic heterocycles. The highest BCUT2D eigenvalue weighted by atomic mass is 35.5. The fraction of sp³-hybridized carbons (Fsp3) is 0.556. The minimum absolute atomic E-state index is 0. The Labute approximate surface area is 168 Å². The fourth-order valence-electron chi connectivity index (χ4n) is 2.73. The highest BCUT2D eigenvalue weighted by Gasteiger charge is 2.20. The van der Waals surface area contributed by atoms with Gasteiger partial charge in [-0.15, -0.1) is 24.8 Å². The third-order valence-corrected chi connectivity index (χ3v) is 4.17. The topological polar surface area (TPSA) is 73.5 Å². The van der Waals surface area contributed by atoms with Crippen LogP contribution in [0, 0.1) is 5.92 Å². The number of carbonyl (C=O) groups is 2. The van der Waals surface area contributed by atoms with Gasteiger partial charge in [0.15, 0.2) is 0 Å². The molecule has 1 saturated heterocycles. The van der Waals surface area contributed by atoms with Gasteiger partial charge in [-0.05, 0) is 51.2 Å². The van der Waals surface area contributed by atoms with Gasteiger partial charge < -0.3 is 20.9 Å². The fourth-order valence-corrected chi connectivity index (χ4v) is 2.73. The number of benzene rings is 1. The van der Waals surface area contributed by atoms with E-state index < -0.39 is 0 Å². The van der Waals surface area contributed by atoms with Crippen LogP contribution in [0.5, 0.6) is 0 Å². The Kier molecular flexibility index (Phi) is 12.3. The molecule has 1 aromatic rings. The molecule has 1 fully saturated rings. The van der Waals surface area contributed by atoms with Crippen LogP contribution in [-0.2, 0) is 11.3 Å². The lowest BCUT2D eigenvalue weighted by Gasteiger charge is -2.21. The molecule has 26 heavy (non-hydrogen) atoms. The zero-order valence-electron chi connectivity index (χ0n) is 15.4. The first-order chi connectivity index (χ1) is 11.6. The first kappa shape index (κ1) is 24.7. The van der Waals surface area contributed by atoms with E-state index >= 15 is 0 Å². The van der Waals surface area contributed by atoms with Gasteiger partial charge >= 0.3 is 0 Å². The molecule has 1 atom stereocenters. The van der Waals surface area contributed by atoms with Crippen molar-refractivity contribution in [2.45, 2.75) is 19.4 Å². The van der Waals surface area contributed by atoms with Crippen LogP contribution in [0.3, 0.4) is 0 Å². The van der Waals surface area contributed by atoms with Gasteiger partial charge in [-0.3, -0.25) is 9.59 Å². The van der Waals surface area contributed by atoms with Crippen LogP contribution in [0.15, 0.2) is 24.3 Å². The summed E-state index contributed by atoms with van der Waals surface area (Å²) in [6.45, 7) is 3.61. The van der Waals surface area contributed by atoms with Gasteiger partial charge in [0.1, 0.15) is 0 Å². The number of carbonyl (C=O) groups excluding carboxylic acids is 2. The summed E-state index contributed by atoms with van der Waals surface area (Å²) in [4.78, 5) is 26.3. The molecule has 1 aromatic carbocycles. The third-order valence-electron chi connectivity index (χ3n) is 4.17. The smallest absolute Gasteiger partial charge is 0.251 e. The summed E-state index contributed by atoms with van der Waals surface area (Å²) in [6.07, 6.45) is 1.98. The molecule has 1 heterocycles. The summed E-state index contributed by atoms with van der Waals surface area (Å²) in [6, 6.07) is 7.41. The van der Waals surface area contributed by atoms with Crippen LogP contribution in [0.25, 0.3) is 0 Å². The Balaban J connectivity index is 0.00000312. The predicted molar refractivity (Wildman–Crippen MR) is 109 cm³/mol. The van der Waals surface area contributed by atoms with Crippen molar-refractivity contribution < 1.29 is 9.59 Å². The van der Waals surface area contributed by atoms with Crippen LogP contribution < -0.4 is 16.0 Å².